The molecule has 1 aromatic heterocycles. The Morgan fingerprint density at radius 1 is 1.07 bits per heavy atom. The standard InChI is InChI=1S/C23H24N4O3/c28-23(17-4-7-20(8-5-17)27-12-2-10-24-27)26-11-1-3-19(16-26)25-18-6-9-21-22(15-18)30-14-13-29-21/h2,4-10,12,15,19,25H,1,3,11,13-14,16H2/t19-/m0/s1. The predicted molar refractivity (Wildman–Crippen MR) is 114 cm³/mol. The van der Waals surface area contributed by atoms with Crippen molar-refractivity contribution in [2.24, 2.45) is 0 Å². The minimum absolute atomic E-state index is 0.0655. The Balaban J connectivity index is 1.24. The van der Waals surface area contributed by atoms with Crippen LogP contribution in [0.15, 0.2) is 60.9 Å². The number of carbonyl (C=O) groups excluding carboxylic acids is 1. The van der Waals surface area contributed by atoms with Gasteiger partial charge in [0, 0.05) is 48.8 Å². The smallest absolute Gasteiger partial charge is 0.253 e. The van der Waals surface area contributed by atoms with Gasteiger partial charge in [-0.15, -0.1) is 0 Å². The lowest BCUT2D eigenvalue weighted by Crippen LogP contribution is -2.45. The summed E-state index contributed by atoms with van der Waals surface area (Å²) in [5, 5.41) is 7.78. The van der Waals surface area contributed by atoms with Gasteiger partial charge >= 0.3 is 0 Å². The molecule has 1 saturated heterocycles. The van der Waals surface area contributed by atoms with Crippen LogP contribution in [0.5, 0.6) is 11.5 Å². The molecule has 2 aromatic carbocycles. The molecule has 5 rings (SSSR count). The number of fused-ring (bicyclic) bond motifs is 1. The maximum absolute atomic E-state index is 13.0. The van der Waals surface area contributed by atoms with Gasteiger partial charge in [-0.25, -0.2) is 4.68 Å². The summed E-state index contributed by atoms with van der Waals surface area (Å²) in [6, 6.07) is 15.6. The first-order valence-electron chi connectivity index (χ1n) is 10.3. The number of nitrogens with one attached hydrogen (secondary N) is 1. The van der Waals surface area contributed by atoms with Gasteiger partial charge in [0.15, 0.2) is 11.5 Å². The third-order valence-electron chi connectivity index (χ3n) is 5.50. The van der Waals surface area contributed by atoms with Crippen LogP contribution in [0.3, 0.4) is 0 Å². The van der Waals surface area contributed by atoms with Crippen LogP contribution in [-0.2, 0) is 0 Å². The number of rotatable bonds is 4. The lowest BCUT2D eigenvalue weighted by molar-refractivity contribution is 0.0715. The Bertz CT molecular complexity index is 1020. The van der Waals surface area contributed by atoms with Crippen molar-refractivity contribution in [3.8, 4) is 17.2 Å². The van der Waals surface area contributed by atoms with Crippen molar-refractivity contribution >= 4 is 11.6 Å². The number of amides is 1. The molecule has 2 aliphatic heterocycles. The molecule has 30 heavy (non-hydrogen) atoms. The fraction of sp³-hybridized carbons (Fsp3) is 0.304. The topological polar surface area (TPSA) is 68.6 Å². The van der Waals surface area contributed by atoms with Crippen molar-refractivity contribution in [3.05, 3.63) is 66.5 Å². The van der Waals surface area contributed by atoms with E-state index in [1.54, 1.807) is 10.9 Å². The van der Waals surface area contributed by atoms with Crippen molar-refractivity contribution in [1.82, 2.24) is 14.7 Å². The molecule has 1 atom stereocenters. The highest BCUT2D eigenvalue weighted by Crippen LogP contribution is 2.33. The summed E-state index contributed by atoms with van der Waals surface area (Å²) in [4.78, 5) is 15.0. The Hall–Kier alpha value is -3.48. The van der Waals surface area contributed by atoms with Gasteiger partial charge in [-0.05, 0) is 55.3 Å². The number of anilines is 1. The molecule has 0 spiro atoms. The minimum Gasteiger partial charge on any atom is -0.486 e. The normalized spacial score (nSPS) is 18.1. The number of ether oxygens (including phenoxy) is 2. The summed E-state index contributed by atoms with van der Waals surface area (Å²) in [7, 11) is 0. The number of aromatic nitrogens is 2. The van der Waals surface area contributed by atoms with E-state index in [2.05, 4.69) is 10.4 Å². The molecule has 7 heteroatoms. The first-order valence-corrected chi connectivity index (χ1v) is 10.3. The highest BCUT2D eigenvalue weighted by atomic mass is 16.6. The summed E-state index contributed by atoms with van der Waals surface area (Å²) in [6.07, 6.45) is 5.62. The van der Waals surface area contributed by atoms with Crippen LogP contribution in [0, 0.1) is 0 Å². The van der Waals surface area contributed by atoms with E-state index in [4.69, 9.17) is 9.47 Å². The molecule has 0 aliphatic carbocycles. The third-order valence-corrected chi connectivity index (χ3v) is 5.50. The Kier molecular flexibility index (Phi) is 5.01. The van der Waals surface area contributed by atoms with E-state index in [-0.39, 0.29) is 11.9 Å². The number of hydrogen-bond acceptors (Lipinski definition) is 5. The zero-order valence-corrected chi connectivity index (χ0v) is 16.7. The zero-order chi connectivity index (χ0) is 20.3. The monoisotopic (exact) mass is 404 g/mol. The van der Waals surface area contributed by atoms with E-state index in [1.807, 2.05) is 59.6 Å². The van der Waals surface area contributed by atoms with Crippen LogP contribution in [0.4, 0.5) is 5.69 Å². The number of benzene rings is 2. The Morgan fingerprint density at radius 3 is 2.70 bits per heavy atom. The van der Waals surface area contributed by atoms with Crippen molar-refractivity contribution in [2.75, 3.05) is 31.6 Å². The molecule has 1 amide bonds. The molecule has 0 saturated carbocycles. The molecular weight excluding hydrogens is 380 g/mol. The molecule has 3 heterocycles. The molecule has 1 fully saturated rings. The van der Waals surface area contributed by atoms with Gasteiger partial charge in [0.25, 0.3) is 5.91 Å². The second kappa shape index (κ2) is 8.10. The highest BCUT2D eigenvalue weighted by molar-refractivity contribution is 5.94. The van der Waals surface area contributed by atoms with E-state index in [1.165, 1.54) is 0 Å². The molecule has 154 valence electrons. The van der Waals surface area contributed by atoms with E-state index < -0.39 is 0 Å². The lowest BCUT2D eigenvalue weighted by atomic mass is 10.0. The van der Waals surface area contributed by atoms with Crippen LogP contribution >= 0.6 is 0 Å². The van der Waals surface area contributed by atoms with Gasteiger partial charge < -0.3 is 19.7 Å². The average Bonchev–Trinajstić information content (AvgIpc) is 3.34. The van der Waals surface area contributed by atoms with Crippen LogP contribution in [0.2, 0.25) is 0 Å². The molecule has 2 aliphatic rings. The van der Waals surface area contributed by atoms with Crippen molar-refractivity contribution in [3.63, 3.8) is 0 Å². The summed E-state index contributed by atoms with van der Waals surface area (Å²) >= 11 is 0. The maximum atomic E-state index is 13.0. The summed E-state index contributed by atoms with van der Waals surface area (Å²) < 4.78 is 13.0. The first-order chi connectivity index (χ1) is 14.8. The van der Waals surface area contributed by atoms with E-state index in [9.17, 15) is 4.79 Å². The van der Waals surface area contributed by atoms with Crippen LogP contribution in [0.25, 0.3) is 5.69 Å². The van der Waals surface area contributed by atoms with E-state index in [0.717, 1.165) is 42.3 Å². The number of nitrogens with zero attached hydrogens (tertiary/aromatic N) is 3. The molecule has 3 aromatic rings. The van der Waals surface area contributed by atoms with Gasteiger partial charge in [0.2, 0.25) is 0 Å². The van der Waals surface area contributed by atoms with Crippen molar-refractivity contribution < 1.29 is 14.3 Å². The lowest BCUT2D eigenvalue weighted by Gasteiger charge is -2.34. The molecule has 1 N–H and O–H groups in total. The zero-order valence-electron chi connectivity index (χ0n) is 16.7. The van der Waals surface area contributed by atoms with Crippen molar-refractivity contribution in [2.45, 2.75) is 18.9 Å². The maximum Gasteiger partial charge on any atom is 0.253 e. The van der Waals surface area contributed by atoms with Crippen LogP contribution in [0.1, 0.15) is 23.2 Å². The van der Waals surface area contributed by atoms with Gasteiger partial charge in [0.1, 0.15) is 13.2 Å². The second-order valence-electron chi connectivity index (χ2n) is 7.59. The average molecular weight is 404 g/mol. The fourth-order valence-corrected chi connectivity index (χ4v) is 4.01. The number of hydrogen-bond donors (Lipinski definition) is 1. The Labute approximate surface area is 175 Å². The van der Waals surface area contributed by atoms with Crippen LogP contribution in [-0.4, -0.2) is 52.9 Å². The number of likely N-dealkylation sites (tertiary alicyclic amines) is 1. The van der Waals surface area contributed by atoms with Gasteiger partial charge in [-0.1, -0.05) is 0 Å². The summed E-state index contributed by atoms with van der Waals surface area (Å²) in [5.41, 5.74) is 2.63. The SMILES string of the molecule is O=C(c1ccc(-n2cccn2)cc1)N1CCC[C@H](Nc2ccc3c(c2)OCCO3)C1. The first kappa shape index (κ1) is 18.5. The second-order valence-corrected chi connectivity index (χ2v) is 7.59. The highest BCUT2D eigenvalue weighted by Gasteiger charge is 2.25. The molecule has 0 bridgehead atoms. The molecule has 0 radical (unpaired) electrons. The van der Waals surface area contributed by atoms with Gasteiger partial charge in [-0.2, -0.15) is 5.10 Å². The van der Waals surface area contributed by atoms with Gasteiger partial charge in [-0.3, -0.25) is 4.79 Å². The Morgan fingerprint density at radius 2 is 1.90 bits per heavy atom. The molecular formula is C23H24N4O3. The summed E-state index contributed by atoms with van der Waals surface area (Å²) in [5.74, 6) is 1.62. The minimum atomic E-state index is 0.0655. The fourth-order valence-electron chi connectivity index (χ4n) is 4.01. The number of piperidine rings is 1. The van der Waals surface area contributed by atoms with Crippen molar-refractivity contribution in [1.29, 1.82) is 0 Å². The molecule has 0 unspecified atom stereocenters. The quantitative estimate of drug-likeness (QED) is 0.722. The van der Waals surface area contributed by atoms with E-state index >= 15 is 0 Å². The third kappa shape index (κ3) is 3.83. The van der Waals surface area contributed by atoms with Crippen LogP contribution < -0.4 is 14.8 Å². The van der Waals surface area contributed by atoms with Gasteiger partial charge in [0.05, 0.1) is 5.69 Å². The summed E-state index contributed by atoms with van der Waals surface area (Å²) in [6.45, 7) is 2.61. The number of carbonyl (C=O) groups is 1. The predicted octanol–water partition coefficient (Wildman–Crippen LogP) is 3.36. The largest absolute Gasteiger partial charge is 0.486 e. The molecule has 7 nitrogen and oxygen atoms in total. The van der Waals surface area contributed by atoms with E-state index in [0.29, 0.717) is 25.3 Å².